The molecule has 0 unspecified atom stereocenters. The van der Waals surface area contributed by atoms with Crippen molar-refractivity contribution < 1.29 is 4.48 Å². The molecule has 4 N–H and O–H groups in total. The Hall–Kier alpha value is -0.200. The van der Waals surface area contributed by atoms with Gasteiger partial charge < -0.3 is 25.8 Å². The van der Waals surface area contributed by atoms with Crippen LogP contribution in [0.15, 0.2) is 0 Å². The highest BCUT2D eigenvalue weighted by molar-refractivity contribution is 4.52. The summed E-state index contributed by atoms with van der Waals surface area (Å²) in [5, 5.41) is 6.73. The first-order valence-electron chi connectivity index (χ1n) is 6.56. The van der Waals surface area contributed by atoms with Crippen LogP contribution in [-0.4, -0.2) is 89.9 Å². The Morgan fingerprint density at radius 2 is 1.53 bits per heavy atom. The maximum atomic E-state index is 5.39. The lowest BCUT2D eigenvalue weighted by Gasteiger charge is -2.31. The first-order chi connectivity index (χ1) is 7.98. The largest absolute Gasteiger partial charge is 0.329 e. The van der Waals surface area contributed by atoms with Gasteiger partial charge in [0.05, 0.1) is 27.2 Å². The molecule has 0 spiro atoms. The average Bonchev–Trinajstić information content (AvgIpc) is 2.25. The average molecular weight is 246 g/mol. The molecule has 0 heterocycles. The second-order valence-electron chi connectivity index (χ2n) is 5.47. The van der Waals surface area contributed by atoms with Crippen LogP contribution in [0.25, 0.3) is 0 Å². The molecule has 0 fully saturated rings. The van der Waals surface area contributed by atoms with Gasteiger partial charge >= 0.3 is 0 Å². The van der Waals surface area contributed by atoms with Crippen LogP contribution in [0.2, 0.25) is 0 Å². The first kappa shape index (κ1) is 16.8. The lowest BCUT2D eigenvalue weighted by molar-refractivity contribution is -0.888. The predicted molar refractivity (Wildman–Crippen MR) is 75.2 cm³/mol. The van der Waals surface area contributed by atoms with E-state index in [2.05, 4.69) is 43.7 Å². The molecule has 0 saturated carbocycles. The Morgan fingerprint density at radius 3 is 2.06 bits per heavy atom. The van der Waals surface area contributed by atoms with Gasteiger partial charge in [0, 0.05) is 39.3 Å². The van der Waals surface area contributed by atoms with Crippen LogP contribution in [0, 0.1) is 0 Å². The number of quaternary nitrogens is 1. The standard InChI is InChI=1S/C12H32N5/c1-16(2)10-12-17(3,4)11-9-15-8-7-14-6-5-13/h14-15H,5-13H2,1-4H3/q+1. The third-order valence-electron chi connectivity index (χ3n) is 2.85. The zero-order chi connectivity index (χ0) is 13.1. The van der Waals surface area contributed by atoms with E-state index in [0.717, 1.165) is 37.2 Å². The first-order valence-corrected chi connectivity index (χ1v) is 6.56. The van der Waals surface area contributed by atoms with Gasteiger partial charge in [0.25, 0.3) is 0 Å². The monoisotopic (exact) mass is 246 g/mol. The fourth-order valence-electron chi connectivity index (χ4n) is 1.49. The van der Waals surface area contributed by atoms with E-state index in [1.165, 1.54) is 13.1 Å². The van der Waals surface area contributed by atoms with Crippen molar-refractivity contribution in [3.8, 4) is 0 Å². The Labute approximate surface area is 107 Å². The summed E-state index contributed by atoms with van der Waals surface area (Å²) in [5.41, 5.74) is 5.39. The van der Waals surface area contributed by atoms with E-state index in [4.69, 9.17) is 5.73 Å². The van der Waals surface area contributed by atoms with Crippen molar-refractivity contribution in [1.82, 2.24) is 15.5 Å². The molecule has 0 atom stereocenters. The summed E-state index contributed by atoms with van der Waals surface area (Å²) in [5.74, 6) is 0. The number of nitrogens with two attached hydrogens (primary N) is 1. The summed E-state index contributed by atoms with van der Waals surface area (Å²) in [7, 11) is 8.83. The SMILES string of the molecule is CN(C)CC[N+](C)(C)CCNCCNCCN. The molecule has 0 amide bonds. The van der Waals surface area contributed by atoms with Gasteiger partial charge in [0.15, 0.2) is 0 Å². The van der Waals surface area contributed by atoms with Crippen molar-refractivity contribution in [3.05, 3.63) is 0 Å². The fourth-order valence-corrected chi connectivity index (χ4v) is 1.49. The van der Waals surface area contributed by atoms with Crippen molar-refractivity contribution in [2.45, 2.75) is 0 Å². The molecule has 5 nitrogen and oxygen atoms in total. The van der Waals surface area contributed by atoms with Crippen LogP contribution in [0.5, 0.6) is 0 Å². The smallest absolute Gasteiger partial charge is 0.0911 e. The summed E-state index contributed by atoms with van der Waals surface area (Å²) in [4.78, 5) is 2.24. The van der Waals surface area contributed by atoms with E-state index in [9.17, 15) is 0 Å². The Bertz CT molecular complexity index is 170. The lowest BCUT2D eigenvalue weighted by atomic mass is 10.4. The van der Waals surface area contributed by atoms with Crippen molar-refractivity contribution in [1.29, 1.82) is 0 Å². The molecule has 0 aromatic carbocycles. The van der Waals surface area contributed by atoms with Gasteiger partial charge in [-0.15, -0.1) is 0 Å². The predicted octanol–water partition coefficient (Wildman–Crippen LogP) is -1.24. The van der Waals surface area contributed by atoms with E-state index in [-0.39, 0.29) is 0 Å². The van der Waals surface area contributed by atoms with E-state index in [1.54, 1.807) is 0 Å². The maximum Gasteiger partial charge on any atom is 0.0911 e. The minimum Gasteiger partial charge on any atom is -0.329 e. The third kappa shape index (κ3) is 12.1. The molecule has 0 rings (SSSR count). The van der Waals surface area contributed by atoms with Crippen LogP contribution in [0.1, 0.15) is 0 Å². The molecule has 104 valence electrons. The number of likely N-dealkylation sites (N-methyl/N-ethyl adjacent to an activating group) is 2. The van der Waals surface area contributed by atoms with Gasteiger partial charge in [-0.3, -0.25) is 0 Å². The molecule has 17 heavy (non-hydrogen) atoms. The molecule has 0 aromatic heterocycles. The molecular formula is C12H32N5+. The number of rotatable bonds is 11. The Balaban J connectivity index is 3.39. The Morgan fingerprint density at radius 1 is 0.941 bits per heavy atom. The zero-order valence-corrected chi connectivity index (χ0v) is 12.1. The third-order valence-corrected chi connectivity index (χ3v) is 2.85. The van der Waals surface area contributed by atoms with Crippen molar-refractivity contribution >= 4 is 0 Å². The molecule has 0 bridgehead atoms. The van der Waals surface area contributed by atoms with Crippen LogP contribution in [-0.2, 0) is 0 Å². The van der Waals surface area contributed by atoms with E-state index < -0.39 is 0 Å². The number of nitrogens with zero attached hydrogens (tertiary/aromatic N) is 2. The fraction of sp³-hybridized carbons (Fsp3) is 1.00. The van der Waals surface area contributed by atoms with Crippen LogP contribution in [0.4, 0.5) is 0 Å². The summed E-state index contributed by atoms with van der Waals surface area (Å²) in [6.45, 7) is 8.23. The van der Waals surface area contributed by atoms with Crippen molar-refractivity contribution in [2.24, 2.45) is 5.73 Å². The second kappa shape index (κ2) is 9.79. The second-order valence-corrected chi connectivity index (χ2v) is 5.47. The van der Waals surface area contributed by atoms with Crippen LogP contribution < -0.4 is 16.4 Å². The molecule has 0 aliphatic heterocycles. The minimum atomic E-state index is 0.717. The van der Waals surface area contributed by atoms with Gasteiger partial charge in [-0.2, -0.15) is 0 Å². The summed E-state index contributed by atoms with van der Waals surface area (Å²) in [6, 6.07) is 0. The van der Waals surface area contributed by atoms with Crippen molar-refractivity contribution in [3.63, 3.8) is 0 Å². The quantitative estimate of drug-likeness (QED) is 0.315. The highest BCUT2D eigenvalue weighted by Crippen LogP contribution is 1.95. The molecule has 0 radical (unpaired) electrons. The summed E-state index contributed by atoms with van der Waals surface area (Å²) in [6.07, 6.45) is 0. The highest BCUT2D eigenvalue weighted by atomic mass is 15.3. The number of hydrogen-bond acceptors (Lipinski definition) is 4. The normalized spacial score (nSPS) is 12.4. The van der Waals surface area contributed by atoms with Gasteiger partial charge in [0.2, 0.25) is 0 Å². The summed E-state index contributed by atoms with van der Waals surface area (Å²) < 4.78 is 1.07. The highest BCUT2D eigenvalue weighted by Gasteiger charge is 2.13. The molecular weight excluding hydrogens is 214 g/mol. The van der Waals surface area contributed by atoms with Gasteiger partial charge in [-0.1, -0.05) is 0 Å². The van der Waals surface area contributed by atoms with E-state index in [1.807, 2.05) is 0 Å². The summed E-state index contributed by atoms with van der Waals surface area (Å²) >= 11 is 0. The molecule has 5 heteroatoms. The van der Waals surface area contributed by atoms with Crippen molar-refractivity contribution in [2.75, 3.05) is 80.5 Å². The Kier molecular flexibility index (Phi) is 9.68. The van der Waals surface area contributed by atoms with E-state index in [0.29, 0.717) is 6.54 Å². The van der Waals surface area contributed by atoms with Gasteiger partial charge in [0.1, 0.15) is 0 Å². The van der Waals surface area contributed by atoms with Gasteiger partial charge in [-0.25, -0.2) is 0 Å². The lowest BCUT2D eigenvalue weighted by Crippen LogP contribution is -2.48. The molecule has 0 aliphatic carbocycles. The zero-order valence-electron chi connectivity index (χ0n) is 12.1. The number of hydrogen-bond donors (Lipinski definition) is 3. The maximum absolute atomic E-state index is 5.39. The molecule has 0 aliphatic rings. The molecule has 0 saturated heterocycles. The minimum absolute atomic E-state index is 0.717. The van der Waals surface area contributed by atoms with Crippen LogP contribution >= 0.6 is 0 Å². The van der Waals surface area contributed by atoms with E-state index >= 15 is 0 Å². The van der Waals surface area contributed by atoms with Crippen LogP contribution in [0.3, 0.4) is 0 Å². The number of nitrogens with one attached hydrogen (secondary N) is 2. The molecule has 0 aromatic rings. The topological polar surface area (TPSA) is 53.3 Å². The van der Waals surface area contributed by atoms with Gasteiger partial charge in [-0.05, 0) is 14.1 Å².